The molecule has 3 N–H and O–H groups in total. The van der Waals surface area contributed by atoms with E-state index in [1.807, 2.05) is 6.08 Å². The topological polar surface area (TPSA) is 60.7 Å². The summed E-state index contributed by atoms with van der Waals surface area (Å²) in [6.07, 6.45) is 8.48. The normalized spacial score (nSPS) is 55.6. The van der Waals surface area contributed by atoms with Crippen LogP contribution in [0.2, 0.25) is 0 Å². The molecule has 0 spiro atoms. The first-order valence-electron chi connectivity index (χ1n) is 9.60. The summed E-state index contributed by atoms with van der Waals surface area (Å²) in [7, 11) is 0. The zero-order chi connectivity index (χ0) is 16.4. The van der Waals surface area contributed by atoms with Crippen molar-refractivity contribution in [3.63, 3.8) is 0 Å². The summed E-state index contributed by atoms with van der Waals surface area (Å²) >= 11 is 0. The molecule has 0 heterocycles. The van der Waals surface area contributed by atoms with Crippen molar-refractivity contribution in [1.29, 1.82) is 0 Å². The van der Waals surface area contributed by atoms with Crippen LogP contribution in [0, 0.1) is 34.5 Å². The summed E-state index contributed by atoms with van der Waals surface area (Å²) in [6, 6.07) is 0. The molecule has 0 aromatic heterocycles. The van der Waals surface area contributed by atoms with E-state index in [-0.39, 0.29) is 18.1 Å². The van der Waals surface area contributed by atoms with Crippen molar-refractivity contribution in [1.82, 2.24) is 0 Å². The van der Waals surface area contributed by atoms with Gasteiger partial charge < -0.3 is 15.3 Å². The minimum absolute atomic E-state index is 0.170. The van der Waals surface area contributed by atoms with Crippen molar-refractivity contribution >= 4 is 0 Å². The van der Waals surface area contributed by atoms with Crippen molar-refractivity contribution in [3.8, 4) is 0 Å². The Morgan fingerprint density at radius 2 is 1.87 bits per heavy atom. The minimum Gasteiger partial charge on any atom is -0.395 e. The van der Waals surface area contributed by atoms with Gasteiger partial charge in [-0.25, -0.2) is 0 Å². The molecule has 0 saturated heterocycles. The largest absolute Gasteiger partial charge is 0.395 e. The Balaban J connectivity index is 1.75. The van der Waals surface area contributed by atoms with Crippen LogP contribution in [0.3, 0.4) is 0 Å². The maximum Gasteiger partial charge on any atom is 0.0757 e. The number of aliphatic hydroxyl groups excluding tert-OH is 3. The maximum atomic E-state index is 10.9. The van der Waals surface area contributed by atoms with Gasteiger partial charge in [0.25, 0.3) is 0 Å². The van der Waals surface area contributed by atoms with Crippen molar-refractivity contribution < 1.29 is 15.3 Å². The van der Waals surface area contributed by atoms with Crippen LogP contribution in [0.1, 0.15) is 58.8 Å². The zero-order valence-electron chi connectivity index (χ0n) is 14.5. The Labute approximate surface area is 139 Å². The molecule has 8 atom stereocenters. The Bertz CT molecular complexity index is 515. The van der Waals surface area contributed by atoms with Crippen molar-refractivity contribution in [2.24, 2.45) is 34.5 Å². The summed E-state index contributed by atoms with van der Waals surface area (Å²) in [5.74, 6) is 2.01. The van der Waals surface area contributed by atoms with E-state index >= 15 is 0 Å². The molecule has 4 aliphatic rings. The van der Waals surface area contributed by atoms with Crippen LogP contribution in [0.15, 0.2) is 11.6 Å². The molecule has 3 unspecified atom stereocenters. The quantitative estimate of drug-likeness (QED) is 0.651. The van der Waals surface area contributed by atoms with Gasteiger partial charge in [-0.1, -0.05) is 25.5 Å². The Kier molecular flexibility index (Phi) is 3.72. The van der Waals surface area contributed by atoms with E-state index in [1.54, 1.807) is 0 Å². The van der Waals surface area contributed by atoms with Gasteiger partial charge in [-0.05, 0) is 74.0 Å². The van der Waals surface area contributed by atoms with Crippen LogP contribution in [-0.2, 0) is 0 Å². The van der Waals surface area contributed by atoms with Gasteiger partial charge in [0.2, 0.25) is 0 Å². The number of aliphatic hydroxyl groups is 3. The highest BCUT2D eigenvalue weighted by Crippen LogP contribution is 2.66. The molecule has 4 aliphatic carbocycles. The van der Waals surface area contributed by atoms with E-state index in [0.29, 0.717) is 29.6 Å². The first-order chi connectivity index (χ1) is 10.9. The molecule has 0 aromatic rings. The highest BCUT2D eigenvalue weighted by molar-refractivity contribution is 5.29. The highest BCUT2D eigenvalue weighted by Gasteiger charge is 2.60. The molecular weight excluding hydrogens is 288 g/mol. The van der Waals surface area contributed by atoms with Crippen LogP contribution in [-0.4, -0.2) is 34.1 Å². The molecule has 0 amide bonds. The van der Waals surface area contributed by atoms with Crippen molar-refractivity contribution in [3.05, 3.63) is 11.6 Å². The first-order valence-corrected chi connectivity index (χ1v) is 9.60. The summed E-state index contributed by atoms with van der Waals surface area (Å²) < 4.78 is 0. The van der Waals surface area contributed by atoms with E-state index in [9.17, 15) is 15.3 Å². The van der Waals surface area contributed by atoms with Gasteiger partial charge in [-0.15, -0.1) is 0 Å². The predicted molar refractivity (Wildman–Crippen MR) is 89.7 cm³/mol. The van der Waals surface area contributed by atoms with Crippen LogP contribution < -0.4 is 0 Å². The number of hydrogen-bond donors (Lipinski definition) is 3. The van der Waals surface area contributed by atoms with Gasteiger partial charge in [-0.2, -0.15) is 0 Å². The second-order valence-electron chi connectivity index (χ2n) is 9.21. The molecule has 3 saturated carbocycles. The lowest BCUT2D eigenvalue weighted by atomic mass is 9.46. The average molecular weight is 320 g/mol. The number of fused-ring (bicyclic) bond motifs is 5. The second kappa shape index (κ2) is 5.31. The predicted octanol–water partition coefficient (Wildman–Crippen LogP) is 2.89. The van der Waals surface area contributed by atoms with E-state index in [1.165, 1.54) is 19.3 Å². The molecule has 130 valence electrons. The molecule has 0 bridgehead atoms. The van der Waals surface area contributed by atoms with Crippen LogP contribution in [0.5, 0.6) is 0 Å². The standard InChI is InChI=1S/C20H32O3/c1-12-3-4-15-18-16(6-7-19(12,15)2)20(11-21)8-5-14(22)9-13(20)10-17(18)23/h10,12,14-18,21-23H,3-9,11H2,1-2H3/t12-,14+,15?,16?,17-,18?,19+,20+/m0/s1. The summed E-state index contributed by atoms with van der Waals surface area (Å²) in [6.45, 7) is 5.00. The Morgan fingerprint density at radius 1 is 1.09 bits per heavy atom. The van der Waals surface area contributed by atoms with E-state index in [4.69, 9.17) is 0 Å². The summed E-state index contributed by atoms with van der Waals surface area (Å²) in [4.78, 5) is 0. The van der Waals surface area contributed by atoms with Crippen molar-refractivity contribution in [2.75, 3.05) is 6.61 Å². The lowest BCUT2D eigenvalue weighted by Crippen LogP contribution is -2.56. The summed E-state index contributed by atoms with van der Waals surface area (Å²) in [5, 5.41) is 31.4. The molecule has 3 heteroatoms. The molecule has 0 radical (unpaired) electrons. The third kappa shape index (κ3) is 2.06. The van der Waals surface area contributed by atoms with Crippen LogP contribution >= 0.6 is 0 Å². The molecule has 3 nitrogen and oxygen atoms in total. The number of hydrogen-bond acceptors (Lipinski definition) is 3. The monoisotopic (exact) mass is 320 g/mol. The fourth-order valence-corrected chi connectivity index (χ4v) is 6.99. The Hall–Kier alpha value is -0.380. The van der Waals surface area contributed by atoms with Gasteiger partial charge in [0.15, 0.2) is 0 Å². The molecular formula is C20H32O3. The fraction of sp³-hybridized carbons (Fsp3) is 0.900. The molecule has 4 rings (SSSR count). The van der Waals surface area contributed by atoms with Crippen LogP contribution in [0.25, 0.3) is 0 Å². The van der Waals surface area contributed by atoms with Crippen LogP contribution in [0.4, 0.5) is 0 Å². The minimum atomic E-state index is -0.394. The van der Waals surface area contributed by atoms with E-state index in [0.717, 1.165) is 30.8 Å². The SMILES string of the molecule is C[C@H]1CCC2C3C(CC[C@@]21C)[C@@]1(CO)CC[C@@H](O)CC1=C[C@@H]3O. The van der Waals surface area contributed by atoms with Gasteiger partial charge in [0, 0.05) is 5.41 Å². The first kappa shape index (κ1) is 16.1. The number of rotatable bonds is 1. The maximum absolute atomic E-state index is 10.9. The lowest BCUT2D eigenvalue weighted by molar-refractivity contribution is -0.109. The van der Waals surface area contributed by atoms with Gasteiger partial charge >= 0.3 is 0 Å². The van der Waals surface area contributed by atoms with E-state index in [2.05, 4.69) is 13.8 Å². The Morgan fingerprint density at radius 3 is 2.61 bits per heavy atom. The third-order valence-electron chi connectivity index (χ3n) is 8.58. The average Bonchev–Trinajstić information content (AvgIpc) is 2.83. The fourth-order valence-electron chi connectivity index (χ4n) is 6.99. The van der Waals surface area contributed by atoms with Crippen molar-refractivity contribution in [2.45, 2.75) is 71.0 Å². The second-order valence-corrected chi connectivity index (χ2v) is 9.21. The third-order valence-corrected chi connectivity index (χ3v) is 8.58. The van der Waals surface area contributed by atoms with Gasteiger partial charge in [-0.3, -0.25) is 0 Å². The van der Waals surface area contributed by atoms with E-state index < -0.39 is 6.10 Å². The van der Waals surface area contributed by atoms with Gasteiger partial charge in [0.05, 0.1) is 18.8 Å². The molecule has 3 fully saturated rings. The molecule has 0 aromatic carbocycles. The smallest absolute Gasteiger partial charge is 0.0757 e. The summed E-state index contributed by atoms with van der Waals surface area (Å²) in [5.41, 5.74) is 1.33. The molecule has 23 heavy (non-hydrogen) atoms. The highest BCUT2D eigenvalue weighted by atomic mass is 16.3. The van der Waals surface area contributed by atoms with Gasteiger partial charge in [0.1, 0.15) is 0 Å². The molecule has 0 aliphatic heterocycles. The zero-order valence-corrected chi connectivity index (χ0v) is 14.5. The lowest BCUT2D eigenvalue weighted by Gasteiger charge is -2.59.